The Labute approximate surface area is 195 Å². The Kier molecular flexibility index (Phi) is 6.53. The van der Waals surface area contributed by atoms with Crippen molar-refractivity contribution in [2.45, 2.75) is 35.2 Å². The highest BCUT2D eigenvalue weighted by molar-refractivity contribution is 7.91. The van der Waals surface area contributed by atoms with Gasteiger partial charge in [0.15, 0.2) is 0 Å². The molecule has 180 valence electrons. The lowest BCUT2D eigenvalue weighted by Crippen LogP contribution is -2.34. The van der Waals surface area contributed by atoms with E-state index in [1.54, 1.807) is 12.1 Å². The van der Waals surface area contributed by atoms with Crippen molar-refractivity contribution in [2.75, 3.05) is 25.1 Å². The van der Waals surface area contributed by atoms with Gasteiger partial charge in [-0.3, -0.25) is 9.78 Å². The lowest BCUT2D eigenvalue weighted by atomic mass is 9.93. The maximum atomic E-state index is 13.1. The number of halogens is 3. The van der Waals surface area contributed by atoms with Gasteiger partial charge < -0.3 is 9.64 Å². The molecule has 1 aliphatic rings. The lowest BCUT2D eigenvalue weighted by Gasteiger charge is -2.33. The van der Waals surface area contributed by atoms with E-state index in [0.717, 1.165) is 36.7 Å². The van der Waals surface area contributed by atoms with E-state index in [1.165, 1.54) is 19.4 Å². The fourth-order valence-electron chi connectivity index (χ4n) is 4.20. The van der Waals surface area contributed by atoms with Gasteiger partial charge in [-0.2, -0.15) is 13.2 Å². The summed E-state index contributed by atoms with van der Waals surface area (Å²) in [5, 5.41) is 0.572. The predicted molar refractivity (Wildman–Crippen MR) is 120 cm³/mol. The Morgan fingerprint density at radius 2 is 1.79 bits per heavy atom. The van der Waals surface area contributed by atoms with Gasteiger partial charge in [-0.15, -0.1) is 0 Å². The number of hydrogen-bond acceptors (Lipinski definition) is 6. The van der Waals surface area contributed by atoms with Crippen molar-refractivity contribution in [1.29, 1.82) is 0 Å². The monoisotopic (exact) mass is 492 g/mol. The number of benzene rings is 2. The number of sulfone groups is 1. The van der Waals surface area contributed by atoms with E-state index in [4.69, 9.17) is 4.74 Å². The van der Waals surface area contributed by atoms with Gasteiger partial charge in [0.25, 0.3) is 0 Å². The van der Waals surface area contributed by atoms with E-state index >= 15 is 0 Å². The molecular weight excluding hydrogens is 469 g/mol. The van der Waals surface area contributed by atoms with E-state index in [0.29, 0.717) is 36.5 Å². The number of methoxy groups -OCH3 is 1. The van der Waals surface area contributed by atoms with Crippen LogP contribution < -0.4 is 4.90 Å². The SMILES string of the molecule is COC(=O)CC1CCN(c2cccc3cc(S(=O)(=O)c4cccc(C(F)(F)F)c4)cnc23)CC1. The van der Waals surface area contributed by atoms with Crippen LogP contribution in [0.5, 0.6) is 0 Å². The van der Waals surface area contributed by atoms with Gasteiger partial charge in [0.05, 0.1) is 33.7 Å². The van der Waals surface area contributed by atoms with Crippen molar-refractivity contribution >= 4 is 32.4 Å². The molecule has 4 rings (SSSR count). The van der Waals surface area contributed by atoms with Gasteiger partial charge in [0, 0.05) is 31.1 Å². The molecule has 34 heavy (non-hydrogen) atoms. The summed E-state index contributed by atoms with van der Waals surface area (Å²) in [5.74, 6) is 0.0237. The van der Waals surface area contributed by atoms with Crippen molar-refractivity contribution in [3.8, 4) is 0 Å². The molecule has 0 bridgehead atoms. The number of alkyl halides is 3. The van der Waals surface area contributed by atoms with Gasteiger partial charge >= 0.3 is 12.1 Å². The quantitative estimate of drug-likeness (QED) is 0.473. The standard InChI is InChI=1S/C24H23F3N2O4S/c1-33-22(30)12-16-8-10-29(11-9-16)21-7-2-4-17-13-20(15-28-23(17)21)34(31,32)19-6-3-5-18(14-19)24(25,26)27/h2-7,13-16H,8-12H2,1H3. The molecule has 2 aromatic carbocycles. The highest BCUT2D eigenvalue weighted by Crippen LogP contribution is 2.34. The highest BCUT2D eigenvalue weighted by atomic mass is 32.2. The van der Waals surface area contributed by atoms with Crippen LogP contribution in [-0.2, 0) is 25.5 Å². The van der Waals surface area contributed by atoms with Gasteiger partial charge in [-0.25, -0.2) is 8.42 Å². The first-order valence-electron chi connectivity index (χ1n) is 10.7. The van der Waals surface area contributed by atoms with E-state index in [9.17, 15) is 26.4 Å². The maximum absolute atomic E-state index is 13.1. The van der Waals surface area contributed by atoms with Crippen molar-refractivity contribution in [3.63, 3.8) is 0 Å². The number of aromatic nitrogens is 1. The average molecular weight is 493 g/mol. The fourth-order valence-corrected chi connectivity index (χ4v) is 5.48. The Hall–Kier alpha value is -3.14. The summed E-state index contributed by atoms with van der Waals surface area (Å²) in [4.78, 5) is 17.5. The molecule has 3 aromatic rings. The normalized spacial score (nSPS) is 15.5. The Morgan fingerprint density at radius 3 is 2.47 bits per heavy atom. The number of piperidine rings is 1. The van der Waals surface area contributed by atoms with Crippen LogP contribution in [0.2, 0.25) is 0 Å². The van der Waals surface area contributed by atoms with Crippen molar-refractivity contribution in [3.05, 3.63) is 60.3 Å². The highest BCUT2D eigenvalue weighted by Gasteiger charge is 2.32. The molecule has 10 heteroatoms. The van der Waals surface area contributed by atoms with E-state index in [1.807, 2.05) is 6.07 Å². The van der Waals surface area contributed by atoms with Gasteiger partial charge in [-0.1, -0.05) is 18.2 Å². The van der Waals surface area contributed by atoms with E-state index < -0.39 is 26.5 Å². The van der Waals surface area contributed by atoms with Crippen molar-refractivity contribution < 1.29 is 31.1 Å². The molecule has 0 saturated carbocycles. The van der Waals surface area contributed by atoms with Gasteiger partial charge in [0.1, 0.15) is 0 Å². The molecule has 1 aromatic heterocycles. The first-order chi connectivity index (χ1) is 16.1. The first kappa shape index (κ1) is 24.0. The third-order valence-electron chi connectivity index (χ3n) is 6.08. The molecule has 6 nitrogen and oxygen atoms in total. The summed E-state index contributed by atoms with van der Waals surface area (Å²) in [6.07, 6.45) is -1.45. The first-order valence-corrected chi connectivity index (χ1v) is 12.2. The summed E-state index contributed by atoms with van der Waals surface area (Å²) < 4.78 is 70.0. The molecule has 0 atom stereocenters. The summed E-state index contributed by atoms with van der Waals surface area (Å²) in [6, 6.07) is 10.5. The Morgan fingerprint density at radius 1 is 1.09 bits per heavy atom. The van der Waals surface area contributed by atoms with Crippen LogP contribution in [0.3, 0.4) is 0 Å². The molecule has 1 fully saturated rings. The summed E-state index contributed by atoms with van der Waals surface area (Å²) in [5.41, 5.74) is 0.425. The number of rotatable bonds is 5. The predicted octanol–water partition coefficient (Wildman–Crippen LogP) is 4.87. The zero-order valence-electron chi connectivity index (χ0n) is 18.4. The van der Waals surface area contributed by atoms with Crippen LogP contribution in [0.1, 0.15) is 24.8 Å². The molecule has 2 heterocycles. The number of ether oxygens (including phenoxy) is 1. The Bertz CT molecular complexity index is 1320. The van der Waals surface area contributed by atoms with Crippen molar-refractivity contribution in [2.24, 2.45) is 5.92 Å². The second kappa shape index (κ2) is 9.25. The number of esters is 1. The molecule has 0 radical (unpaired) electrons. The summed E-state index contributed by atoms with van der Waals surface area (Å²) in [6.45, 7) is 1.43. The zero-order chi connectivity index (χ0) is 24.5. The number of pyridine rings is 1. The summed E-state index contributed by atoms with van der Waals surface area (Å²) in [7, 11) is -2.82. The number of carbonyl (C=O) groups is 1. The topological polar surface area (TPSA) is 76.6 Å². The molecule has 0 amide bonds. The molecule has 1 saturated heterocycles. The minimum absolute atomic E-state index is 0.173. The summed E-state index contributed by atoms with van der Waals surface area (Å²) >= 11 is 0. The van der Waals surface area contributed by atoms with Crippen LogP contribution in [0.15, 0.2) is 64.5 Å². The van der Waals surface area contributed by atoms with Gasteiger partial charge in [-0.05, 0) is 49.1 Å². The molecule has 0 unspecified atom stereocenters. The second-order valence-electron chi connectivity index (χ2n) is 8.26. The number of para-hydroxylation sites is 1. The number of fused-ring (bicyclic) bond motifs is 1. The smallest absolute Gasteiger partial charge is 0.416 e. The average Bonchev–Trinajstić information content (AvgIpc) is 2.83. The zero-order valence-corrected chi connectivity index (χ0v) is 19.2. The molecule has 0 spiro atoms. The van der Waals surface area contributed by atoms with Gasteiger partial charge in [0.2, 0.25) is 9.84 Å². The molecular formula is C24H23F3N2O4S. The van der Waals surface area contributed by atoms with Crippen LogP contribution in [0, 0.1) is 5.92 Å². The third-order valence-corrected chi connectivity index (χ3v) is 7.80. The van der Waals surface area contributed by atoms with Crippen LogP contribution in [0.4, 0.5) is 18.9 Å². The largest absolute Gasteiger partial charge is 0.469 e. The van der Waals surface area contributed by atoms with Crippen LogP contribution in [-0.4, -0.2) is 39.6 Å². The maximum Gasteiger partial charge on any atom is 0.416 e. The molecule has 0 aliphatic carbocycles. The Balaban J connectivity index is 1.61. The molecule has 0 N–H and O–H groups in total. The molecule has 1 aliphatic heterocycles. The van der Waals surface area contributed by atoms with E-state index in [-0.39, 0.29) is 16.8 Å². The third kappa shape index (κ3) is 4.86. The fraction of sp³-hybridized carbons (Fsp3) is 0.333. The van der Waals surface area contributed by atoms with Crippen LogP contribution in [0.25, 0.3) is 10.9 Å². The number of hydrogen-bond donors (Lipinski definition) is 0. The number of carbonyl (C=O) groups excluding carboxylic acids is 1. The lowest BCUT2D eigenvalue weighted by molar-refractivity contribution is -0.142. The van der Waals surface area contributed by atoms with E-state index in [2.05, 4.69) is 9.88 Å². The minimum atomic E-state index is -4.65. The van der Waals surface area contributed by atoms with Crippen LogP contribution >= 0.6 is 0 Å². The van der Waals surface area contributed by atoms with Crippen molar-refractivity contribution in [1.82, 2.24) is 4.98 Å². The number of nitrogens with zero attached hydrogens (tertiary/aromatic N) is 2. The second-order valence-corrected chi connectivity index (χ2v) is 10.2. The minimum Gasteiger partial charge on any atom is -0.469 e. The number of anilines is 1.